The molecule has 1 aromatic heterocycles. The van der Waals surface area contributed by atoms with Crippen LogP contribution in [0.2, 0.25) is 0 Å². The fourth-order valence-corrected chi connectivity index (χ4v) is 4.83. The monoisotopic (exact) mass is 473 g/mol. The summed E-state index contributed by atoms with van der Waals surface area (Å²) in [6.07, 6.45) is -2.28. The molecule has 3 heterocycles. The molecule has 0 unspecified atom stereocenters. The maximum absolute atomic E-state index is 13.4. The van der Waals surface area contributed by atoms with Gasteiger partial charge in [0.2, 0.25) is 0 Å². The van der Waals surface area contributed by atoms with E-state index in [4.69, 9.17) is 0 Å². The van der Waals surface area contributed by atoms with Crippen LogP contribution in [0, 0.1) is 12.7 Å². The van der Waals surface area contributed by atoms with Crippen molar-refractivity contribution in [2.75, 3.05) is 25.1 Å². The molecule has 1 fully saturated rings. The zero-order valence-electron chi connectivity index (χ0n) is 18.9. The summed E-state index contributed by atoms with van der Waals surface area (Å²) in [5.41, 5.74) is 3.83. The van der Waals surface area contributed by atoms with Gasteiger partial charge < -0.3 is 10.3 Å². The fraction of sp³-hybridized carbons (Fsp3) is 0.400. The average Bonchev–Trinajstić information content (AvgIpc) is 3.19. The molecule has 34 heavy (non-hydrogen) atoms. The molecule has 180 valence electrons. The van der Waals surface area contributed by atoms with Crippen LogP contribution in [0.5, 0.6) is 0 Å². The first-order valence-electron chi connectivity index (χ1n) is 11.5. The molecule has 3 aromatic rings. The largest absolute Gasteiger partial charge is 0.416 e. The number of benzene rings is 2. The first-order chi connectivity index (χ1) is 16.3. The number of aryl methyl sites for hydroxylation is 1. The number of halogens is 4. The Hall–Kier alpha value is -2.91. The number of aromatic amines is 1. The molecule has 5 nitrogen and oxygen atoms in total. The van der Waals surface area contributed by atoms with Crippen molar-refractivity contribution in [3.63, 3.8) is 0 Å². The number of piperidine rings is 1. The third-order valence-corrected chi connectivity index (χ3v) is 6.84. The molecular weight excluding hydrogens is 446 g/mol. The Bertz CT molecular complexity index is 1150. The number of aromatic nitrogens is 2. The third kappa shape index (κ3) is 4.81. The molecule has 2 aliphatic rings. The minimum absolute atomic E-state index is 0.219. The van der Waals surface area contributed by atoms with Crippen molar-refractivity contribution in [2.45, 2.75) is 45.1 Å². The van der Waals surface area contributed by atoms with Gasteiger partial charge >= 0.3 is 6.18 Å². The van der Waals surface area contributed by atoms with Crippen molar-refractivity contribution < 1.29 is 17.6 Å². The van der Waals surface area contributed by atoms with Gasteiger partial charge in [0, 0.05) is 49.2 Å². The summed E-state index contributed by atoms with van der Waals surface area (Å²) in [6.45, 7) is 6.08. The first-order valence-corrected chi connectivity index (χ1v) is 11.5. The molecule has 0 amide bonds. The van der Waals surface area contributed by atoms with E-state index in [1.54, 1.807) is 6.07 Å². The molecule has 0 aliphatic carbocycles. The van der Waals surface area contributed by atoms with Crippen LogP contribution in [-0.2, 0) is 19.3 Å². The SMILES string of the molecule is Cc1[nH]c(-c2ccc(C(F)(F)F)cc2)nc1CN1CCC(N2CNc3cc(F)ccc3C2)CC1. The van der Waals surface area contributed by atoms with E-state index >= 15 is 0 Å². The summed E-state index contributed by atoms with van der Waals surface area (Å²) in [5.74, 6) is 0.369. The van der Waals surface area contributed by atoms with E-state index in [1.807, 2.05) is 13.0 Å². The van der Waals surface area contributed by atoms with Crippen molar-refractivity contribution in [3.8, 4) is 11.4 Å². The Balaban J connectivity index is 1.18. The number of nitrogens with one attached hydrogen (secondary N) is 2. The van der Waals surface area contributed by atoms with Gasteiger partial charge in [-0.1, -0.05) is 18.2 Å². The smallest absolute Gasteiger partial charge is 0.372 e. The highest BCUT2D eigenvalue weighted by atomic mass is 19.4. The van der Waals surface area contributed by atoms with Crippen molar-refractivity contribution >= 4 is 5.69 Å². The average molecular weight is 474 g/mol. The Labute approximate surface area is 195 Å². The van der Waals surface area contributed by atoms with Crippen molar-refractivity contribution in [2.24, 2.45) is 0 Å². The van der Waals surface area contributed by atoms with Crippen LogP contribution in [-0.4, -0.2) is 45.6 Å². The topological polar surface area (TPSA) is 47.2 Å². The molecule has 9 heteroatoms. The number of hydrogen-bond acceptors (Lipinski definition) is 4. The van der Waals surface area contributed by atoms with Crippen molar-refractivity contribution in [1.82, 2.24) is 19.8 Å². The maximum atomic E-state index is 13.4. The van der Waals surface area contributed by atoms with Gasteiger partial charge in [-0.15, -0.1) is 0 Å². The number of likely N-dealkylation sites (tertiary alicyclic amines) is 1. The highest BCUT2D eigenvalue weighted by molar-refractivity contribution is 5.56. The minimum atomic E-state index is -4.35. The summed E-state index contributed by atoms with van der Waals surface area (Å²) >= 11 is 0. The number of rotatable bonds is 4. The van der Waals surface area contributed by atoms with E-state index in [0.717, 1.165) is 73.9 Å². The normalized spacial score (nSPS) is 18.0. The number of fused-ring (bicyclic) bond motifs is 1. The highest BCUT2D eigenvalue weighted by Crippen LogP contribution is 2.31. The summed E-state index contributed by atoms with van der Waals surface area (Å²) in [6, 6.07) is 10.5. The van der Waals surface area contributed by atoms with Crippen molar-refractivity contribution in [1.29, 1.82) is 0 Å². The van der Waals surface area contributed by atoms with E-state index in [2.05, 4.69) is 25.1 Å². The van der Waals surface area contributed by atoms with Gasteiger partial charge in [-0.3, -0.25) is 9.80 Å². The first kappa shape index (κ1) is 22.9. The lowest BCUT2D eigenvalue weighted by molar-refractivity contribution is -0.137. The van der Waals surface area contributed by atoms with Gasteiger partial charge in [-0.25, -0.2) is 9.37 Å². The van der Waals surface area contributed by atoms with Gasteiger partial charge in [0.25, 0.3) is 0 Å². The van der Waals surface area contributed by atoms with E-state index in [0.29, 0.717) is 24.0 Å². The number of nitrogens with zero attached hydrogens (tertiary/aromatic N) is 3. The Morgan fingerprint density at radius 1 is 1.06 bits per heavy atom. The Morgan fingerprint density at radius 3 is 2.50 bits per heavy atom. The van der Waals surface area contributed by atoms with Gasteiger partial charge in [-0.2, -0.15) is 13.2 Å². The summed E-state index contributed by atoms with van der Waals surface area (Å²) in [5, 5.41) is 3.34. The second-order valence-electron chi connectivity index (χ2n) is 9.12. The van der Waals surface area contributed by atoms with Gasteiger partial charge in [-0.05, 0) is 49.6 Å². The van der Waals surface area contributed by atoms with E-state index in [-0.39, 0.29) is 5.82 Å². The lowest BCUT2D eigenvalue weighted by atomic mass is 10.0. The van der Waals surface area contributed by atoms with E-state index < -0.39 is 11.7 Å². The lowest BCUT2D eigenvalue weighted by Crippen LogP contribution is -2.47. The zero-order valence-corrected chi connectivity index (χ0v) is 18.9. The Morgan fingerprint density at radius 2 is 1.79 bits per heavy atom. The molecule has 0 radical (unpaired) electrons. The molecule has 2 aliphatic heterocycles. The van der Waals surface area contributed by atoms with Crippen LogP contribution in [0.15, 0.2) is 42.5 Å². The van der Waals surface area contributed by atoms with Gasteiger partial charge in [0.15, 0.2) is 0 Å². The minimum Gasteiger partial charge on any atom is -0.372 e. The number of imidazole rings is 1. The van der Waals surface area contributed by atoms with Gasteiger partial charge in [0.05, 0.1) is 17.9 Å². The molecule has 0 spiro atoms. The van der Waals surface area contributed by atoms with E-state index in [1.165, 1.54) is 18.2 Å². The second-order valence-corrected chi connectivity index (χ2v) is 9.12. The molecule has 0 atom stereocenters. The number of H-pyrrole nitrogens is 1. The molecular formula is C25H27F4N5. The quantitative estimate of drug-likeness (QED) is 0.499. The third-order valence-electron chi connectivity index (χ3n) is 6.84. The van der Waals surface area contributed by atoms with E-state index in [9.17, 15) is 17.6 Å². The Kier molecular flexibility index (Phi) is 6.07. The number of alkyl halides is 3. The maximum Gasteiger partial charge on any atom is 0.416 e. The second kappa shape index (κ2) is 9.03. The van der Waals surface area contributed by atoms with Crippen molar-refractivity contribution in [3.05, 3.63) is 70.8 Å². The predicted octanol–water partition coefficient (Wildman–Crippen LogP) is 5.39. The highest BCUT2D eigenvalue weighted by Gasteiger charge is 2.30. The zero-order chi connectivity index (χ0) is 23.9. The summed E-state index contributed by atoms with van der Waals surface area (Å²) < 4.78 is 51.9. The molecule has 0 saturated carbocycles. The standard InChI is InChI=1S/C25H27F4N5/c1-16-23(32-24(31-16)17-2-5-19(6-3-17)25(27,28)29)14-33-10-8-21(9-11-33)34-13-18-4-7-20(26)12-22(18)30-15-34/h2-7,12,21,30H,8-11,13-15H2,1H3,(H,31,32). The summed E-state index contributed by atoms with van der Waals surface area (Å²) in [4.78, 5) is 12.7. The van der Waals surface area contributed by atoms with Crippen LogP contribution in [0.4, 0.5) is 23.2 Å². The van der Waals surface area contributed by atoms with Crippen LogP contribution >= 0.6 is 0 Å². The molecule has 0 bridgehead atoms. The lowest BCUT2D eigenvalue weighted by Gasteiger charge is -2.40. The van der Waals surface area contributed by atoms with Gasteiger partial charge in [0.1, 0.15) is 11.6 Å². The number of hydrogen-bond donors (Lipinski definition) is 2. The molecule has 2 N–H and O–H groups in total. The molecule has 1 saturated heterocycles. The fourth-order valence-electron chi connectivity index (χ4n) is 4.83. The molecule has 2 aromatic carbocycles. The van der Waals surface area contributed by atoms with Crippen LogP contribution in [0.1, 0.15) is 35.4 Å². The van der Waals surface area contributed by atoms with Crippen LogP contribution < -0.4 is 5.32 Å². The van der Waals surface area contributed by atoms with Crippen LogP contribution in [0.3, 0.4) is 0 Å². The molecule has 5 rings (SSSR count). The summed E-state index contributed by atoms with van der Waals surface area (Å²) in [7, 11) is 0. The predicted molar refractivity (Wildman–Crippen MR) is 122 cm³/mol. The van der Waals surface area contributed by atoms with Crippen LogP contribution in [0.25, 0.3) is 11.4 Å². The number of anilines is 1.